The summed E-state index contributed by atoms with van der Waals surface area (Å²) in [7, 11) is 0. The zero-order valence-electron chi connectivity index (χ0n) is 2.55. The van der Waals surface area contributed by atoms with E-state index in [1.54, 1.807) is 0 Å². The van der Waals surface area contributed by atoms with E-state index in [2.05, 4.69) is 11.2 Å². The van der Waals surface area contributed by atoms with Crippen molar-refractivity contribution in [2.45, 2.75) is 0 Å². The van der Waals surface area contributed by atoms with Crippen molar-refractivity contribution in [1.82, 2.24) is 0 Å². The van der Waals surface area contributed by atoms with E-state index in [4.69, 9.17) is 5.53 Å². The van der Waals surface area contributed by atoms with Crippen LogP contribution in [0.4, 0.5) is 0 Å². The van der Waals surface area contributed by atoms with Crippen LogP contribution in [0.1, 0.15) is 0 Å². The van der Waals surface area contributed by atoms with Gasteiger partial charge in [0.1, 0.15) is 0 Å². The molecule has 0 spiro atoms. The van der Waals surface area contributed by atoms with Gasteiger partial charge in [-0.2, -0.15) is 4.79 Å². The zero-order chi connectivity index (χ0) is 4.12. The van der Waals surface area contributed by atoms with Crippen molar-refractivity contribution in [3.05, 3.63) is 5.53 Å². The molecule has 0 amide bonds. The average molecular weight is 66.1 g/mol. The standard InChI is InChI=1S/C3H2N2/c1-2-3-5-4/h1,3H. The highest BCUT2D eigenvalue weighted by atomic mass is 14.8. The molecule has 0 atom stereocenters. The fourth-order valence-electron chi connectivity index (χ4n) is 0.0333. The molecule has 0 heterocycles. The number of nitrogens with zero attached hydrogens (tertiary/aromatic N) is 2. The Morgan fingerprint density at radius 1 is 2.00 bits per heavy atom. The Morgan fingerprint density at radius 3 is 2.60 bits per heavy atom. The van der Waals surface area contributed by atoms with Crippen LogP contribution in [-0.4, -0.2) is 11.0 Å². The molecule has 0 aromatic rings. The van der Waals surface area contributed by atoms with Crippen LogP contribution in [0.5, 0.6) is 0 Å². The van der Waals surface area contributed by atoms with Crippen molar-refractivity contribution in [3.63, 3.8) is 0 Å². The second kappa shape index (κ2) is 2.94. The normalized spacial score (nSPS) is 3.80. The van der Waals surface area contributed by atoms with Gasteiger partial charge in [-0.15, -0.1) is 6.42 Å². The van der Waals surface area contributed by atoms with E-state index in [1.165, 1.54) is 0 Å². The summed E-state index contributed by atoms with van der Waals surface area (Å²) < 4.78 is 0. The topological polar surface area (TPSA) is 36.4 Å². The molecule has 5 heavy (non-hydrogen) atoms. The Morgan fingerprint density at radius 2 is 2.60 bits per heavy atom. The molecule has 0 aromatic heterocycles. The highest BCUT2D eigenvalue weighted by Crippen LogP contribution is 1.24. The average Bonchev–Trinajstić information content (AvgIpc) is 1.41. The first-order chi connectivity index (χ1) is 2.41. The van der Waals surface area contributed by atoms with Crippen molar-refractivity contribution in [2.24, 2.45) is 0 Å². The Kier molecular flexibility index (Phi) is 2.32. The first-order valence-electron chi connectivity index (χ1n) is 1.04. The van der Waals surface area contributed by atoms with Gasteiger partial charge in [0.2, 0.25) is 0 Å². The van der Waals surface area contributed by atoms with Crippen molar-refractivity contribution >= 4 is 6.21 Å². The molecule has 0 saturated heterocycles. The summed E-state index contributed by atoms with van der Waals surface area (Å²) >= 11 is 0. The van der Waals surface area contributed by atoms with Crippen LogP contribution >= 0.6 is 0 Å². The maximum atomic E-state index is 7.49. The van der Waals surface area contributed by atoms with Gasteiger partial charge in [0.25, 0.3) is 0 Å². The molecule has 2 nitrogen and oxygen atoms in total. The van der Waals surface area contributed by atoms with Crippen molar-refractivity contribution in [1.29, 1.82) is 0 Å². The molecule has 0 aliphatic rings. The van der Waals surface area contributed by atoms with Gasteiger partial charge in [0.15, 0.2) is 0 Å². The van der Waals surface area contributed by atoms with Gasteiger partial charge in [0.05, 0.1) is 0 Å². The van der Waals surface area contributed by atoms with Gasteiger partial charge in [0, 0.05) is 5.92 Å². The Hall–Kier alpha value is -1.06. The molecule has 0 aliphatic heterocycles. The van der Waals surface area contributed by atoms with E-state index in [1.807, 2.05) is 5.92 Å². The predicted octanol–water partition coefficient (Wildman–Crippen LogP) is -0.0798. The van der Waals surface area contributed by atoms with Crippen LogP contribution in [0.3, 0.4) is 0 Å². The van der Waals surface area contributed by atoms with Crippen molar-refractivity contribution in [3.8, 4) is 12.3 Å². The first kappa shape index (κ1) is 3.94. The van der Waals surface area contributed by atoms with Gasteiger partial charge in [-0.1, -0.05) is 0 Å². The highest BCUT2D eigenvalue weighted by molar-refractivity contribution is 5.71. The van der Waals surface area contributed by atoms with Crippen LogP contribution in [0.25, 0.3) is 5.53 Å². The molecular formula is C3H2N2. The second-order valence-electron chi connectivity index (χ2n) is 0.411. The Labute approximate surface area is 30.1 Å². The van der Waals surface area contributed by atoms with E-state index < -0.39 is 0 Å². The fourth-order valence-corrected chi connectivity index (χ4v) is 0.0333. The second-order valence-corrected chi connectivity index (χ2v) is 0.411. The Balaban J connectivity index is 3.46. The minimum absolute atomic E-state index is 0.958. The lowest BCUT2D eigenvalue weighted by atomic mass is 10.8. The Bertz CT molecular complexity index is 92.0. The van der Waals surface area contributed by atoms with Crippen LogP contribution in [-0.2, 0) is 0 Å². The fraction of sp³-hybridized carbons (Fsp3) is 0. The SMILES string of the molecule is C#CC=[N+]=[N-]. The molecule has 0 N–H and O–H groups in total. The van der Waals surface area contributed by atoms with Gasteiger partial charge < -0.3 is 5.53 Å². The predicted molar refractivity (Wildman–Crippen MR) is 18.5 cm³/mol. The molecule has 0 rings (SSSR count). The zero-order valence-corrected chi connectivity index (χ0v) is 2.55. The third-order valence-electron chi connectivity index (χ3n) is 0.132. The van der Waals surface area contributed by atoms with E-state index in [-0.39, 0.29) is 0 Å². The van der Waals surface area contributed by atoms with Crippen LogP contribution in [0.15, 0.2) is 0 Å². The van der Waals surface area contributed by atoms with Gasteiger partial charge in [-0.3, -0.25) is 0 Å². The summed E-state index contributed by atoms with van der Waals surface area (Å²) in [5.74, 6) is 1.98. The van der Waals surface area contributed by atoms with Crippen LogP contribution < -0.4 is 0 Å². The summed E-state index contributed by atoms with van der Waals surface area (Å²) in [5.41, 5.74) is 7.49. The summed E-state index contributed by atoms with van der Waals surface area (Å²) in [4.78, 5) is 2.49. The van der Waals surface area contributed by atoms with E-state index in [0.717, 1.165) is 6.21 Å². The number of hydrogen-bond donors (Lipinski definition) is 0. The summed E-state index contributed by atoms with van der Waals surface area (Å²) in [5, 5.41) is 0. The highest BCUT2D eigenvalue weighted by Gasteiger charge is 1.48. The van der Waals surface area contributed by atoms with Crippen LogP contribution in [0.2, 0.25) is 0 Å². The molecule has 0 aromatic carbocycles. The van der Waals surface area contributed by atoms with Crippen molar-refractivity contribution < 1.29 is 4.79 Å². The maximum absolute atomic E-state index is 7.49. The molecule has 2 heteroatoms. The van der Waals surface area contributed by atoms with Gasteiger partial charge >= 0.3 is 6.21 Å². The third kappa shape index (κ3) is 2.94. The first-order valence-corrected chi connectivity index (χ1v) is 1.04. The minimum Gasteiger partial charge on any atom is -0.361 e. The lowest BCUT2D eigenvalue weighted by molar-refractivity contribution is 0.00587. The smallest absolute Gasteiger partial charge is 0.330 e. The van der Waals surface area contributed by atoms with E-state index in [0.29, 0.717) is 0 Å². The van der Waals surface area contributed by atoms with E-state index >= 15 is 0 Å². The number of hydrogen-bond acceptors (Lipinski definition) is 0. The molecule has 0 unspecified atom stereocenters. The summed E-state index contributed by atoms with van der Waals surface area (Å²) in [6, 6.07) is 0. The molecule has 0 saturated carbocycles. The quantitative estimate of drug-likeness (QED) is 0.164. The van der Waals surface area contributed by atoms with E-state index in [9.17, 15) is 0 Å². The summed E-state index contributed by atoms with van der Waals surface area (Å²) in [6.07, 6.45) is 5.54. The summed E-state index contributed by atoms with van der Waals surface area (Å²) in [6.45, 7) is 0. The number of rotatable bonds is 0. The molecule has 0 fully saturated rings. The monoisotopic (exact) mass is 66.0 g/mol. The van der Waals surface area contributed by atoms with Crippen LogP contribution in [0, 0.1) is 12.3 Å². The van der Waals surface area contributed by atoms with Gasteiger partial charge in [-0.25, -0.2) is 0 Å². The molecule has 0 bridgehead atoms. The molecule has 0 aliphatic carbocycles. The molecular weight excluding hydrogens is 64.0 g/mol. The lowest BCUT2D eigenvalue weighted by Crippen LogP contribution is -1.55. The molecule has 24 valence electrons. The largest absolute Gasteiger partial charge is 0.361 e. The van der Waals surface area contributed by atoms with Crippen molar-refractivity contribution in [2.75, 3.05) is 0 Å². The van der Waals surface area contributed by atoms with Gasteiger partial charge in [-0.05, 0) is 0 Å². The minimum atomic E-state index is 0.958. The molecule has 0 radical (unpaired) electrons. The number of terminal acetylenes is 1. The lowest BCUT2D eigenvalue weighted by Gasteiger charge is -1.34. The third-order valence-corrected chi connectivity index (χ3v) is 0.132. The maximum Gasteiger partial charge on any atom is 0.330 e.